The van der Waals surface area contributed by atoms with Crippen LogP contribution >= 0.6 is 0 Å². The summed E-state index contributed by atoms with van der Waals surface area (Å²) >= 11 is 0. The van der Waals surface area contributed by atoms with Crippen LogP contribution in [0.4, 0.5) is 11.8 Å². The van der Waals surface area contributed by atoms with Gasteiger partial charge in [-0.3, -0.25) is 15.0 Å². The zero-order valence-electron chi connectivity index (χ0n) is 9.31. The van der Waals surface area contributed by atoms with Crippen molar-refractivity contribution < 1.29 is 38.3 Å². The van der Waals surface area contributed by atoms with Crippen LogP contribution in [0.5, 0.6) is 0 Å². The summed E-state index contributed by atoms with van der Waals surface area (Å²) in [5.41, 5.74) is 0. The van der Waals surface area contributed by atoms with E-state index in [9.17, 15) is 10.1 Å². The number of furan rings is 1. The van der Waals surface area contributed by atoms with Crippen LogP contribution in [0.3, 0.4) is 0 Å². The molecule has 17 heavy (non-hydrogen) atoms. The molecule has 2 heterocycles. The van der Waals surface area contributed by atoms with Crippen LogP contribution in [-0.2, 0) is 0 Å². The van der Waals surface area contributed by atoms with Gasteiger partial charge in [-0.1, -0.05) is 0 Å². The molecule has 0 amide bonds. The van der Waals surface area contributed by atoms with Crippen LogP contribution in [0.1, 0.15) is 0 Å². The second-order valence-electron chi connectivity index (χ2n) is 3.57. The molecular weight excluding hydrogens is 341 g/mol. The van der Waals surface area contributed by atoms with Gasteiger partial charge in [-0.25, -0.2) is 5.41 Å². The molecule has 0 spiro atoms. The summed E-state index contributed by atoms with van der Waals surface area (Å²) in [4.78, 5) is 11.6. The number of quaternary nitrogens is 1. The molecule has 2 rings (SSSR count). The lowest BCUT2D eigenvalue weighted by Crippen LogP contribution is -3.16. The third kappa shape index (κ3) is 2.34. The molecule has 1 aliphatic heterocycles. The van der Waals surface area contributed by atoms with Crippen molar-refractivity contribution in [3.05, 3.63) is 22.2 Å². The Morgan fingerprint density at radius 1 is 1.59 bits per heavy atom. The summed E-state index contributed by atoms with van der Waals surface area (Å²) in [6.07, 6.45) is 0. The van der Waals surface area contributed by atoms with Crippen LogP contribution in [-0.4, -0.2) is 36.5 Å². The van der Waals surface area contributed by atoms with Crippen molar-refractivity contribution in [2.45, 2.75) is 0 Å². The number of anilines is 1. The Bertz CT molecular complexity index is 448. The van der Waals surface area contributed by atoms with E-state index in [2.05, 4.69) is 0 Å². The smallest absolute Gasteiger partial charge is 0.434 e. The van der Waals surface area contributed by atoms with E-state index < -0.39 is 4.92 Å². The fraction of sp³-hybridized carbons (Fsp3) is 0.375. The van der Waals surface area contributed by atoms with Crippen LogP contribution < -0.4 is 34.0 Å². The molecule has 0 aromatic carbocycles. The molecule has 0 aliphatic carbocycles. The predicted octanol–water partition coefficient (Wildman–Crippen LogP) is -3.73. The monoisotopic (exact) mass is 353 g/mol. The predicted molar refractivity (Wildman–Crippen MR) is 55.1 cm³/mol. The van der Waals surface area contributed by atoms with E-state index in [1.807, 2.05) is 0 Å². The Kier molecular flexibility index (Phi) is 3.93. The van der Waals surface area contributed by atoms with Gasteiger partial charge in [-0.2, -0.15) is 10.0 Å². The van der Waals surface area contributed by atoms with E-state index in [4.69, 9.17) is 9.83 Å². The molecular formula is C8H12IN5O3. The van der Waals surface area contributed by atoms with Gasteiger partial charge in [-0.15, -0.1) is 0 Å². The number of hydrogen-bond donors (Lipinski definition) is 2. The Morgan fingerprint density at radius 3 is 2.65 bits per heavy atom. The van der Waals surface area contributed by atoms with Crippen molar-refractivity contribution in [1.29, 1.82) is 5.41 Å². The number of rotatable bonds is 2. The SMILES string of the molecule is CN1CN(c2ccc([N+](=O)[O-])o2)[NH+](C)C1=N.[I-]. The fourth-order valence-electron chi connectivity index (χ4n) is 1.59. The summed E-state index contributed by atoms with van der Waals surface area (Å²) in [5.74, 6) is 0.487. The molecule has 1 aromatic rings. The molecule has 94 valence electrons. The molecule has 0 saturated carbocycles. The molecule has 1 aliphatic rings. The van der Waals surface area contributed by atoms with E-state index >= 15 is 0 Å². The minimum Gasteiger partial charge on any atom is -1.00 e. The van der Waals surface area contributed by atoms with Crippen LogP contribution in [0, 0.1) is 15.5 Å². The molecule has 0 radical (unpaired) electrons. The molecule has 0 bridgehead atoms. The van der Waals surface area contributed by atoms with E-state index in [-0.39, 0.29) is 29.9 Å². The minimum absolute atomic E-state index is 0. The van der Waals surface area contributed by atoms with Crippen molar-refractivity contribution in [1.82, 2.24) is 4.90 Å². The lowest BCUT2D eigenvalue weighted by atomic mass is 10.6. The maximum Gasteiger partial charge on any atom is 0.434 e. The van der Waals surface area contributed by atoms with Gasteiger partial charge in [0.05, 0.1) is 13.1 Å². The zero-order chi connectivity index (χ0) is 11.9. The fourth-order valence-corrected chi connectivity index (χ4v) is 1.59. The van der Waals surface area contributed by atoms with E-state index in [0.717, 1.165) is 0 Å². The number of nitrogens with one attached hydrogen (secondary N) is 2. The number of guanidine groups is 1. The molecule has 2 N–H and O–H groups in total. The first kappa shape index (κ1) is 13.7. The second-order valence-corrected chi connectivity index (χ2v) is 3.57. The average molecular weight is 353 g/mol. The quantitative estimate of drug-likeness (QED) is 0.324. The number of hydrogen-bond acceptors (Lipinski definition) is 5. The van der Waals surface area contributed by atoms with Gasteiger partial charge in [0, 0.05) is 13.1 Å². The standard InChI is InChI=1S/C8H11N5O3.HI/c1-10-5-12(11(2)8(10)9)6-3-4-7(16-6)13(14)15;/h3-4,9H,5H2,1-2H3;1H. The Morgan fingerprint density at radius 2 is 2.24 bits per heavy atom. The molecule has 1 unspecified atom stereocenters. The minimum atomic E-state index is -0.579. The van der Waals surface area contributed by atoms with Crippen LogP contribution in [0.2, 0.25) is 0 Å². The van der Waals surface area contributed by atoms with Crippen LogP contribution in [0.15, 0.2) is 16.5 Å². The van der Waals surface area contributed by atoms with Gasteiger partial charge < -0.3 is 28.4 Å². The van der Waals surface area contributed by atoms with Crippen molar-refractivity contribution in [3.8, 4) is 0 Å². The van der Waals surface area contributed by atoms with Crippen LogP contribution in [0.25, 0.3) is 0 Å². The van der Waals surface area contributed by atoms with E-state index in [1.54, 1.807) is 24.0 Å². The van der Waals surface area contributed by atoms with E-state index in [0.29, 0.717) is 23.5 Å². The Labute approximate surface area is 114 Å². The zero-order valence-corrected chi connectivity index (χ0v) is 11.5. The highest BCUT2D eigenvalue weighted by atomic mass is 127. The van der Waals surface area contributed by atoms with Crippen molar-refractivity contribution in [2.24, 2.45) is 0 Å². The largest absolute Gasteiger partial charge is 1.00 e. The summed E-state index contributed by atoms with van der Waals surface area (Å²) < 4.78 is 5.08. The topological polar surface area (TPSA) is 91.1 Å². The third-order valence-electron chi connectivity index (χ3n) is 2.51. The lowest BCUT2D eigenvalue weighted by molar-refractivity contribution is -0.788. The average Bonchev–Trinajstić information content (AvgIpc) is 2.79. The first-order chi connectivity index (χ1) is 7.50. The summed E-state index contributed by atoms with van der Waals surface area (Å²) in [7, 11) is 3.56. The Balaban J connectivity index is 0.00000144. The summed E-state index contributed by atoms with van der Waals surface area (Å²) in [6, 6.07) is 2.85. The lowest BCUT2D eigenvalue weighted by Gasteiger charge is -2.15. The maximum atomic E-state index is 10.5. The van der Waals surface area contributed by atoms with E-state index in [1.165, 1.54) is 12.1 Å². The molecule has 1 saturated heterocycles. The summed E-state index contributed by atoms with van der Waals surface area (Å²) in [5, 5.41) is 20.6. The van der Waals surface area contributed by atoms with Gasteiger partial charge in [0.25, 0.3) is 0 Å². The van der Waals surface area contributed by atoms with Gasteiger partial charge in [-0.05, 0) is 0 Å². The van der Waals surface area contributed by atoms with Crippen molar-refractivity contribution in [2.75, 3.05) is 25.8 Å². The van der Waals surface area contributed by atoms with Gasteiger partial charge >= 0.3 is 11.8 Å². The molecule has 1 fully saturated rings. The van der Waals surface area contributed by atoms with Crippen molar-refractivity contribution >= 4 is 17.7 Å². The highest BCUT2D eigenvalue weighted by molar-refractivity contribution is 5.70. The molecule has 1 aromatic heterocycles. The van der Waals surface area contributed by atoms with Gasteiger partial charge in [0.15, 0.2) is 0 Å². The highest BCUT2D eigenvalue weighted by Crippen LogP contribution is 2.22. The maximum absolute atomic E-state index is 10.5. The molecule has 9 heteroatoms. The third-order valence-corrected chi connectivity index (χ3v) is 2.51. The number of nitrogens with zero attached hydrogens (tertiary/aromatic N) is 3. The molecule has 1 atom stereocenters. The Hall–Kier alpha value is -1.36. The molecule has 8 nitrogen and oxygen atoms in total. The first-order valence-electron chi connectivity index (χ1n) is 4.66. The van der Waals surface area contributed by atoms with Gasteiger partial charge in [0.2, 0.25) is 5.88 Å². The number of nitro groups is 1. The van der Waals surface area contributed by atoms with Crippen molar-refractivity contribution in [3.63, 3.8) is 0 Å². The second kappa shape index (κ2) is 4.87. The normalized spacial score (nSPS) is 19.4. The number of halogens is 1. The highest BCUT2D eigenvalue weighted by Gasteiger charge is 2.35. The van der Waals surface area contributed by atoms with Gasteiger partial charge in [0.1, 0.15) is 11.6 Å². The first-order valence-corrected chi connectivity index (χ1v) is 4.66. The summed E-state index contributed by atoms with van der Waals surface area (Å²) in [6.45, 7) is 0.468.